The first-order valence-electron chi connectivity index (χ1n) is 15.3. The van der Waals surface area contributed by atoms with Gasteiger partial charge in [-0.05, 0) is 43.3 Å². The van der Waals surface area contributed by atoms with Crippen molar-refractivity contribution < 1.29 is 14.0 Å². The minimum absolute atomic E-state index is 0.0634. The number of piperazine rings is 1. The Morgan fingerprint density at radius 2 is 1.74 bits per heavy atom. The van der Waals surface area contributed by atoms with Gasteiger partial charge in [0.2, 0.25) is 0 Å². The molecule has 5 rings (SSSR count). The second-order valence-electron chi connectivity index (χ2n) is 11.4. The van der Waals surface area contributed by atoms with Gasteiger partial charge in [0, 0.05) is 57.6 Å². The third-order valence-electron chi connectivity index (χ3n) is 8.01. The van der Waals surface area contributed by atoms with Crippen molar-refractivity contribution in [3.8, 4) is 17.3 Å². The van der Waals surface area contributed by atoms with Crippen LogP contribution in [0.25, 0.3) is 11.3 Å². The zero-order chi connectivity index (χ0) is 33.3. The highest BCUT2D eigenvalue weighted by atomic mass is 19.1. The van der Waals surface area contributed by atoms with E-state index in [-0.39, 0.29) is 34.4 Å². The monoisotopic (exact) mass is 636 g/mol. The average molecular weight is 637 g/mol. The summed E-state index contributed by atoms with van der Waals surface area (Å²) in [5.74, 6) is -0.782. The lowest BCUT2D eigenvalue weighted by Gasteiger charge is -2.32. The van der Waals surface area contributed by atoms with Gasteiger partial charge in [0.05, 0.1) is 29.1 Å². The Balaban J connectivity index is 1.21. The van der Waals surface area contributed by atoms with Crippen LogP contribution in [-0.4, -0.2) is 82.9 Å². The number of pyridine rings is 1. The maximum absolute atomic E-state index is 13.3. The summed E-state index contributed by atoms with van der Waals surface area (Å²) >= 11 is 0. The predicted molar refractivity (Wildman–Crippen MR) is 177 cm³/mol. The minimum Gasteiger partial charge on any atom is -0.382 e. The molecule has 1 atom stereocenters. The number of benzene rings is 2. The minimum atomic E-state index is -0.426. The summed E-state index contributed by atoms with van der Waals surface area (Å²) in [7, 11) is 2.10. The van der Waals surface area contributed by atoms with Gasteiger partial charge in [0.15, 0.2) is 11.5 Å². The third-order valence-corrected chi connectivity index (χ3v) is 8.01. The van der Waals surface area contributed by atoms with Gasteiger partial charge >= 0.3 is 0 Å². The van der Waals surface area contributed by atoms with Gasteiger partial charge in [-0.3, -0.25) is 14.5 Å². The van der Waals surface area contributed by atoms with Crippen LogP contribution in [0, 0.1) is 17.1 Å². The van der Waals surface area contributed by atoms with Gasteiger partial charge < -0.3 is 26.6 Å². The number of likely N-dealkylation sites (N-methyl/N-ethyl adjacent to an activating group) is 1. The van der Waals surface area contributed by atoms with Crippen molar-refractivity contribution in [3.63, 3.8) is 0 Å². The molecule has 0 radical (unpaired) electrons. The van der Waals surface area contributed by atoms with E-state index in [1.807, 2.05) is 30.3 Å². The smallest absolute Gasteiger partial charge is 0.273 e. The fourth-order valence-corrected chi connectivity index (χ4v) is 5.12. The fourth-order valence-electron chi connectivity index (χ4n) is 5.12. The highest BCUT2D eigenvalue weighted by molar-refractivity contribution is 5.99. The van der Waals surface area contributed by atoms with Gasteiger partial charge in [-0.15, -0.1) is 0 Å². The Bertz CT molecular complexity index is 1750. The molecule has 242 valence electrons. The zero-order valence-corrected chi connectivity index (χ0v) is 26.3. The van der Waals surface area contributed by atoms with Gasteiger partial charge in [-0.25, -0.2) is 19.3 Å². The standard InChI is InChI=1S/C34H37FN10O2/c1-22(25-7-9-27(35)10-8-25)42-33(46)28-17-24(18-36)20-41-32(28)40-19-23-3-5-26(6-4-23)29-21-39-31(37)30(43-29)34(47)38-11-12-45-15-13-44(2)14-16-45/h3-10,17,20-22H,11-16,19H2,1-2H3,(H2,37,39)(H,38,47)(H,40,41)(H,42,46)/t22-/m0/s1. The van der Waals surface area contributed by atoms with Crippen LogP contribution in [0.3, 0.4) is 0 Å². The lowest BCUT2D eigenvalue weighted by Crippen LogP contribution is -2.47. The number of halogens is 1. The molecule has 0 unspecified atom stereocenters. The number of aromatic nitrogens is 3. The first-order chi connectivity index (χ1) is 22.7. The summed E-state index contributed by atoms with van der Waals surface area (Å²) in [6, 6.07) is 16.5. The molecule has 12 nitrogen and oxygen atoms in total. The molecule has 1 fully saturated rings. The first kappa shape index (κ1) is 32.9. The van der Waals surface area contributed by atoms with Crippen LogP contribution in [-0.2, 0) is 6.54 Å². The van der Waals surface area contributed by atoms with Crippen LogP contribution in [0.15, 0.2) is 67.0 Å². The number of nitrogens with two attached hydrogens (primary N) is 1. The van der Waals surface area contributed by atoms with Crippen molar-refractivity contribution in [1.29, 1.82) is 5.26 Å². The molecule has 1 saturated heterocycles. The second kappa shape index (κ2) is 15.2. The maximum Gasteiger partial charge on any atom is 0.273 e. The third kappa shape index (κ3) is 8.63. The highest BCUT2D eigenvalue weighted by Gasteiger charge is 2.19. The van der Waals surface area contributed by atoms with E-state index in [4.69, 9.17) is 5.73 Å². The van der Waals surface area contributed by atoms with E-state index in [1.165, 1.54) is 30.6 Å². The van der Waals surface area contributed by atoms with Gasteiger partial charge in [-0.1, -0.05) is 36.4 Å². The number of carbonyl (C=O) groups is 2. The second-order valence-corrected chi connectivity index (χ2v) is 11.4. The highest BCUT2D eigenvalue weighted by Crippen LogP contribution is 2.22. The van der Waals surface area contributed by atoms with Crippen molar-refractivity contribution in [2.75, 3.05) is 57.4 Å². The SMILES string of the molecule is C[C@H](NC(=O)c1cc(C#N)cnc1NCc1ccc(-c2cnc(N)c(C(=O)NCCN3CCN(C)CC3)n2)cc1)c1ccc(F)cc1. The summed E-state index contributed by atoms with van der Waals surface area (Å²) in [6.45, 7) is 7.31. The van der Waals surface area contributed by atoms with Crippen LogP contribution in [0.2, 0.25) is 0 Å². The Hall–Kier alpha value is -5.45. The molecule has 1 aliphatic heterocycles. The lowest BCUT2D eigenvalue weighted by atomic mass is 10.1. The molecule has 3 heterocycles. The van der Waals surface area contributed by atoms with Crippen LogP contribution < -0.4 is 21.7 Å². The van der Waals surface area contributed by atoms with Crippen LogP contribution >= 0.6 is 0 Å². The summed E-state index contributed by atoms with van der Waals surface area (Å²) in [5, 5.41) is 18.4. The van der Waals surface area contributed by atoms with Crippen molar-refractivity contribution in [3.05, 3.63) is 101 Å². The number of carbonyl (C=O) groups excluding carboxylic acids is 2. The normalized spacial score (nSPS) is 14.2. The molecule has 13 heteroatoms. The Labute approximate surface area is 272 Å². The van der Waals surface area contributed by atoms with E-state index in [2.05, 4.69) is 47.7 Å². The molecule has 0 aliphatic carbocycles. The molecule has 2 aromatic carbocycles. The van der Waals surface area contributed by atoms with E-state index in [9.17, 15) is 19.2 Å². The molecular formula is C34H37FN10O2. The quantitative estimate of drug-likeness (QED) is 0.192. The van der Waals surface area contributed by atoms with Gasteiger partial charge in [-0.2, -0.15) is 5.26 Å². The molecule has 2 aromatic heterocycles. The number of nitrogen functional groups attached to an aromatic ring is 1. The Morgan fingerprint density at radius 1 is 1.02 bits per heavy atom. The van der Waals surface area contributed by atoms with Crippen molar-refractivity contribution in [2.45, 2.75) is 19.5 Å². The summed E-state index contributed by atoms with van der Waals surface area (Å²) in [4.78, 5) is 43.7. The van der Waals surface area contributed by atoms with Crippen molar-refractivity contribution in [2.24, 2.45) is 0 Å². The van der Waals surface area contributed by atoms with Crippen LogP contribution in [0.4, 0.5) is 16.0 Å². The molecule has 47 heavy (non-hydrogen) atoms. The number of hydrogen-bond acceptors (Lipinski definition) is 10. The topological polar surface area (TPSA) is 165 Å². The number of rotatable bonds is 11. The van der Waals surface area contributed by atoms with Crippen molar-refractivity contribution >= 4 is 23.5 Å². The maximum atomic E-state index is 13.3. The molecule has 4 aromatic rings. The van der Waals surface area contributed by atoms with Crippen LogP contribution in [0.5, 0.6) is 0 Å². The molecular weight excluding hydrogens is 599 g/mol. The molecule has 0 spiro atoms. The number of nitrogens with zero attached hydrogens (tertiary/aromatic N) is 6. The summed E-state index contributed by atoms with van der Waals surface area (Å²) < 4.78 is 13.3. The Morgan fingerprint density at radius 3 is 2.45 bits per heavy atom. The molecule has 2 amide bonds. The van der Waals surface area contributed by atoms with E-state index in [1.54, 1.807) is 19.1 Å². The molecule has 1 aliphatic rings. The first-order valence-corrected chi connectivity index (χ1v) is 15.3. The molecule has 5 N–H and O–H groups in total. The number of hydrogen-bond donors (Lipinski definition) is 4. The van der Waals surface area contributed by atoms with E-state index < -0.39 is 11.9 Å². The van der Waals surface area contributed by atoms with E-state index in [0.717, 1.165) is 49.4 Å². The molecule has 0 bridgehead atoms. The Kier molecular flexibility index (Phi) is 10.7. The number of nitrogens with one attached hydrogen (secondary N) is 3. The van der Waals surface area contributed by atoms with Crippen molar-refractivity contribution in [1.82, 2.24) is 35.4 Å². The summed E-state index contributed by atoms with van der Waals surface area (Å²) in [5.41, 5.74) is 9.41. The van der Waals surface area contributed by atoms with E-state index in [0.29, 0.717) is 24.6 Å². The predicted octanol–water partition coefficient (Wildman–Crippen LogP) is 3.21. The fraction of sp³-hybridized carbons (Fsp3) is 0.294. The molecule has 0 saturated carbocycles. The van der Waals surface area contributed by atoms with E-state index >= 15 is 0 Å². The van der Waals surface area contributed by atoms with Crippen LogP contribution in [0.1, 0.15) is 50.5 Å². The van der Waals surface area contributed by atoms with Gasteiger partial charge in [0.1, 0.15) is 17.7 Å². The van der Waals surface area contributed by atoms with Gasteiger partial charge in [0.25, 0.3) is 11.8 Å². The number of anilines is 2. The zero-order valence-electron chi connectivity index (χ0n) is 26.3. The lowest BCUT2D eigenvalue weighted by molar-refractivity contribution is 0.0930. The summed E-state index contributed by atoms with van der Waals surface area (Å²) in [6.07, 6.45) is 2.92. The number of nitriles is 1. The average Bonchev–Trinajstić information content (AvgIpc) is 3.08. The number of amides is 2. The largest absolute Gasteiger partial charge is 0.382 e.